The van der Waals surface area contributed by atoms with E-state index in [-0.39, 0.29) is 17.2 Å². The summed E-state index contributed by atoms with van der Waals surface area (Å²) in [5.74, 6) is 1.51. The maximum absolute atomic E-state index is 12.7. The highest BCUT2D eigenvalue weighted by atomic mass is 32.2. The molecule has 1 heterocycles. The lowest BCUT2D eigenvalue weighted by Crippen LogP contribution is -2.30. The van der Waals surface area contributed by atoms with Gasteiger partial charge in [0.05, 0.1) is 19.1 Å². The molecule has 2 aromatic carbocycles. The molecular weight excluding hydrogens is 430 g/mol. The third kappa shape index (κ3) is 6.46. The number of benzene rings is 2. The predicted octanol–water partition coefficient (Wildman–Crippen LogP) is 3.53. The van der Waals surface area contributed by atoms with Crippen LogP contribution in [-0.4, -0.2) is 40.9 Å². The highest BCUT2D eigenvalue weighted by molar-refractivity contribution is 7.90. The standard InChI is InChI=1S/C23H29N3O5S/c1-30-20-12-10-17(15-21(20)31-2)11-13-23(27)25-18-7-6-8-19(16-18)32(28,29)26-22-9-4-3-5-14-24-22/h6-8,10,12,15-16H,3-5,9,11,13-14H2,1-2H3,(H,24,26)(H,25,27). The van der Waals surface area contributed by atoms with Crippen molar-refractivity contribution in [2.75, 3.05) is 26.1 Å². The van der Waals surface area contributed by atoms with Crippen molar-refractivity contribution in [3.8, 4) is 11.5 Å². The van der Waals surface area contributed by atoms with Crippen LogP contribution in [0.3, 0.4) is 0 Å². The van der Waals surface area contributed by atoms with Crippen molar-refractivity contribution in [1.82, 2.24) is 4.72 Å². The SMILES string of the molecule is COc1ccc(CCC(=O)Nc2cccc(S(=O)(=O)NC3=NCCCCC3)c2)cc1OC. The average molecular weight is 460 g/mol. The van der Waals surface area contributed by atoms with Crippen LogP contribution in [0.5, 0.6) is 11.5 Å². The van der Waals surface area contributed by atoms with Crippen LogP contribution in [0, 0.1) is 0 Å². The number of carbonyl (C=O) groups excluding carboxylic acids is 1. The van der Waals surface area contributed by atoms with E-state index in [4.69, 9.17) is 9.47 Å². The Morgan fingerprint density at radius 2 is 1.84 bits per heavy atom. The topological polar surface area (TPSA) is 106 Å². The molecule has 0 saturated carbocycles. The number of hydrogen-bond donors (Lipinski definition) is 2. The van der Waals surface area contributed by atoms with Crippen molar-refractivity contribution >= 4 is 27.5 Å². The fourth-order valence-electron chi connectivity index (χ4n) is 3.43. The summed E-state index contributed by atoms with van der Waals surface area (Å²) in [7, 11) is -0.631. The summed E-state index contributed by atoms with van der Waals surface area (Å²) in [5.41, 5.74) is 1.36. The molecule has 0 fully saturated rings. The molecule has 1 aliphatic rings. The fourth-order valence-corrected chi connectivity index (χ4v) is 4.56. The molecular formula is C23H29N3O5S. The molecule has 0 saturated heterocycles. The number of carbonyl (C=O) groups is 1. The summed E-state index contributed by atoms with van der Waals surface area (Å²) in [6, 6.07) is 11.7. The first-order valence-electron chi connectivity index (χ1n) is 10.6. The zero-order valence-corrected chi connectivity index (χ0v) is 19.2. The largest absolute Gasteiger partial charge is 0.493 e. The van der Waals surface area contributed by atoms with Gasteiger partial charge < -0.3 is 14.8 Å². The van der Waals surface area contributed by atoms with Gasteiger partial charge in [-0.15, -0.1) is 0 Å². The van der Waals surface area contributed by atoms with Gasteiger partial charge in [-0.25, -0.2) is 8.42 Å². The van der Waals surface area contributed by atoms with Gasteiger partial charge in [0.15, 0.2) is 11.5 Å². The molecule has 8 nitrogen and oxygen atoms in total. The molecule has 2 aromatic rings. The lowest BCUT2D eigenvalue weighted by molar-refractivity contribution is -0.116. The molecule has 3 rings (SSSR count). The number of aryl methyl sites for hydroxylation is 1. The molecule has 2 N–H and O–H groups in total. The van der Waals surface area contributed by atoms with Gasteiger partial charge in [-0.05, 0) is 55.2 Å². The number of hydrogen-bond acceptors (Lipinski definition) is 6. The Labute approximate surface area is 189 Å². The summed E-state index contributed by atoms with van der Waals surface area (Å²) < 4.78 is 38.6. The van der Waals surface area contributed by atoms with Crippen molar-refractivity contribution in [3.63, 3.8) is 0 Å². The first-order valence-corrected chi connectivity index (χ1v) is 12.1. The lowest BCUT2D eigenvalue weighted by atomic mass is 10.1. The van der Waals surface area contributed by atoms with E-state index in [2.05, 4.69) is 15.0 Å². The monoisotopic (exact) mass is 459 g/mol. The van der Waals surface area contributed by atoms with E-state index in [1.54, 1.807) is 32.4 Å². The highest BCUT2D eigenvalue weighted by Gasteiger charge is 2.18. The van der Waals surface area contributed by atoms with Gasteiger partial charge in [0.25, 0.3) is 10.0 Å². The molecule has 0 radical (unpaired) electrons. The summed E-state index contributed by atoms with van der Waals surface area (Å²) in [6.45, 7) is 0.633. The van der Waals surface area contributed by atoms with Crippen molar-refractivity contribution in [2.24, 2.45) is 4.99 Å². The van der Waals surface area contributed by atoms with Crippen LogP contribution in [-0.2, 0) is 21.2 Å². The number of ether oxygens (including phenoxy) is 2. The normalized spacial score (nSPS) is 14.1. The number of sulfonamides is 1. The van der Waals surface area contributed by atoms with E-state index < -0.39 is 10.0 Å². The minimum atomic E-state index is -3.76. The number of amidine groups is 1. The quantitative estimate of drug-likeness (QED) is 0.628. The van der Waals surface area contributed by atoms with Crippen LogP contribution in [0.2, 0.25) is 0 Å². The number of nitrogens with one attached hydrogen (secondary N) is 2. The number of amides is 1. The first-order chi connectivity index (χ1) is 15.4. The van der Waals surface area contributed by atoms with E-state index in [9.17, 15) is 13.2 Å². The molecule has 0 bridgehead atoms. The molecule has 0 unspecified atom stereocenters. The maximum Gasteiger partial charge on any atom is 0.262 e. The number of rotatable bonds is 8. The Hall–Kier alpha value is -3.07. The van der Waals surface area contributed by atoms with Crippen molar-refractivity contribution in [3.05, 3.63) is 48.0 Å². The average Bonchev–Trinajstić information content (AvgIpc) is 3.05. The van der Waals surface area contributed by atoms with Crippen LogP contribution in [0.1, 0.15) is 37.7 Å². The Morgan fingerprint density at radius 1 is 1.03 bits per heavy atom. The van der Waals surface area contributed by atoms with Gasteiger partial charge in [0.2, 0.25) is 5.91 Å². The summed E-state index contributed by atoms with van der Waals surface area (Å²) in [5, 5.41) is 2.77. The van der Waals surface area contributed by atoms with Gasteiger partial charge in [-0.2, -0.15) is 0 Å². The van der Waals surface area contributed by atoms with Crippen LogP contribution in [0.25, 0.3) is 0 Å². The van der Waals surface area contributed by atoms with E-state index in [1.165, 1.54) is 12.1 Å². The third-order valence-electron chi connectivity index (χ3n) is 5.14. The zero-order chi connectivity index (χ0) is 23.0. The molecule has 0 spiro atoms. The summed E-state index contributed by atoms with van der Waals surface area (Å²) >= 11 is 0. The third-order valence-corrected chi connectivity index (χ3v) is 6.52. The molecule has 0 aromatic heterocycles. The smallest absolute Gasteiger partial charge is 0.262 e. The fraction of sp³-hybridized carbons (Fsp3) is 0.391. The zero-order valence-electron chi connectivity index (χ0n) is 18.4. The van der Waals surface area contributed by atoms with Gasteiger partial charge in [-0.1, -0.05) is 18.6 Å². The molecule has 0 aliphatic carbocycles. The summed E-state index contributed by atoms with van der Waals surface area (Å²) in [6.07, 6.45) is 4.28. The molecule has 0 atom stereocenters. The first kappa shape index (κ1) is 23.6. The molecule has 9 heteroatoms. The van der Waals surface area contributed by atoms with Crippen molar-refractivity contribution < 1.29 is 22.7 Å². The Morgan fingerprint density at radius 3 is 2.62 bits per heavy atom. The number of anilines is 1. The highest BCUT2D eigenvalue weighted by Crippen LogP contribution is 2.28. The second kappa shape index (κ2) is 11.0. The maximum atomic E-state index is 12.7. The van der Waals surface area contributed by atoms with Crippen LogP contribution < -0.4 is 19.5 Å². The summed E-state index contributed by atoms with van der Waals surface area (Å²) in [4.78, 5) is 16.8. The van der Waals surface area contributed by atoms with Crippen LogP contribution >= 0.6 is 0 Å². The second-order valence-electron chi connectivity index (χ2n) is 7.51. The molecule has 172 valence electrons. The Bertz CT molecular complexity index is 1080. The van der Waals surface area contributed by atoms with Crippen LogP contribution in [0.15, 0.2) is 52.4 Å². The van der Waals surface area contributed by atoms with Gasteiger partial charge >= 0.3 is 0 Å². The Kier molecular flexibility index (Phi) is 8.10. The number of nitrogens with zero attached hydrogens (tertiary/aromatic N) is 1. The van der Waals surface area contributed by atoms with E-state index in [0.717, 1.165) is 24.8 Å². The van der Waals surface area contributed by atoms with Gasteiger partial charge in [0, 0.05) is 25.1 Å². The second-order valence-corrected chi connectivity index (χ2v) is 9.19. The van der Waals surface area contributed by atoms with Gasteiger partial charge in [-0.3, -0.25) is 14.5 Å². The minimum absolute atomic E-state index is 0.0853. The van der Waals surface area contributed by atoms with E-state index in [0.29, 0.717) is 42.4 Å². The molecule has 32 heavy (non-hydrogen) atoms. The van der Waals surface area contributed by atoms with Crippen LogP contribution in [0.4, 0.5) is 5.69 Å². The minimum Gasteiger partial charge on any atom is -0.493 e. The van der Waals surface area contributed by atoms with Gasteiger partial charge in [0.1, 0.15) is 5.84 Å². The number of aliphatic imine (C=N–C) groups is 1. The Balaban J connectivity index is 1.61. The molecule has 1 amide bonds. The number of methoxy groups -OCH3 is 2. The van der Waals surface area contributed by atoms with E-state index in [1.807, 2.05) is 12.1 Å². The molecule has 1 aliphatic heterocycles. The lowest BCUT2D eigenvalue weighted by Gasteiger charge is -2.12. The predicted molar refractivity (Wildman–Crippen MR) is 124 cm³/mol. The van der Waals surface area contributed by atoms with Crippen molar-refractivity contribution in [1.29, 1.82) is 0 Å². The van der Waals surface area contributed by atoms with E-state index >= 15 is 0 Å². The van der Waals surface area contributed by atoms with Crippen molar-refractivity contribution in [2.45, 2.75) is 43.4 Å².